The van der Waals surface area contributed by atoms with Crippen LogP contribution in [0.15, 0.2) is 18.2 Å². The van der Waals surface area contributed by atoms with Gasteiger partial charge in [0.05, 0.1) is 7.11 Å². The zero-order valence-electron chi connectivity index (χ0n) is 9.44. The Balaban J connectivity index is 2.71. The van der Waals surface area contributed by atoms with Gasteiger partial charge in [-0.3, -0.25) is 9.69 Å². The minimum atomic E-state index is 0.00130. The normalized spacial score (nSPS) is 9.94. The Bertz CT molecular complexity index is 358. The minimum Gasteiger partial charge on any atom is -0.481 e. The molecule has 0 saturated carbocycles. The third-order valence-corrected chi connectivity index (χ3v) is 2.43. The van der Waals surface area contributed by atoms with Crippen molar-refractivity contribution in [2.24, 2.45) is 0 Å². The van der Waals surface area contributed by atoms with Crippen LogP contribution < -0.4 is 9.64 Å². The van der Waals surface area contributed by atoms with Gasteiger partial charge in [0.2, 0.25) is 11.8 Å². The van der Waals surface area contributed by atoms with E-state index in [1.54, 1.807) is 32.4 Å². The molecule has 88 valence electrons. The first-order valence-electron chi connectivity index (χ1n) is 5.02. The number of ether oxygens (including phenoxy) is 1. The summed E-state index contributed by atoms with van der Waals surface area (Å²) in [5.41, 5.74) is 0. The van der Waals surface area contributed by atoms with Crippen LogP contribution in [0.25, 0.3) is 0 Å². The van der Waals surface area contributed by atoms with Gasteiger partial charge >= 0.3 is 0 Å². The van der Waals surface area contributed by atoms with E-state index in [0.717, 1.165) is 0 Å². The second kappa shape index (κ2) is 6.33. The quantitative estimate of drug-likeness (QED) is 0.743. The van der Waals surface area contributed by atoms with E-state index in [0.29, 0.717) is 30.4 Å². The molecule has 16 heavy (non-hydrogen) atoms. The number of methoxy groups -OCH3 is 1. The largest absolute Gasteiger partial charge is 0.481 e. The molecule has 1 amide bonds. The molecule has 0 aliphatic rings. The third kappa shape index (κ3) is 3.38. The summed E-state index contributed by atoms with van der Waals surface area (Å²) in [4.78, 5) is 17.4. The zero-order chi connectivity index (χ0) is 12.0. The number of carbonyl (C=O) groups excluding carboxylic acids is 1. The van der Waals surface area contributed by atoms with Crippen LogP contribution in [-0.2, 0) is 4.79 Å². The Labute approximate surface area is 100 Å². The summed E-state index contributed by atoms with van der Waals surface area (Å²) < 4.78 is 5.00. The molecule has 0 N–H and O–H groups in total. The number of aromatic nitrogens is 1. The van der Waals surface area contributed by atoms with Crippen molar-refractivity contribution < 1.29 is 9.53 Å². The molecule has 5 heteroatoms. The molecular weight excluding hydrogens is 228 g/mol. The monoisotopic (exact) mass is 242 g/mol. The summed E-state index contributed by atoms with van der Waals surface area (Å²) in [6, 6.07) is 5.30. The second-order valence-electron chi connectivity index (χ2n) is 3.28. The van der Waals surface area contributed by atoms with E-state index >= 15 is 0 Å². The van der Waals surface area contributed by atoms with Crippen molar-refractivity contribution in [1.82, 2.24) is 4.98 Å². The first-order chi connectivity index (χ1) is 7.69. The van der Waals surface area contributed by atoms with Crippen LogP contribution >= 0.6 is 11.6 Å². The molecule has 0 unspecified atom stereocenters. The van der Waals surface area contributed by atoms with E-state index in [9.17, 15) is 4.79 Å². The molecule has 0 aliphatic heterocycles. The maximum Gasteiger partial charge on any atom is 0.227 e. The number of anilines is 1. The van der Waals surface area contributed by atoms with E-state index in [-0.39, 0.29) is 5.91 Å². The Kier molecular flexibility index (Phi) is 5.05. The average Bonchev–Trinajstić information content (AvgIpc) is 2.35. The van der Waals surface area contributed by atoms with Crippen molar-refractivity contribution in [3.8, 4) is 5.88 Å². The van der Waals surface area contributed by atoms with Crippen LogP contribution in [0.5, 0.6) is 5.88 Å². The Morgan fingerprint density at radius 2 is 2.31 bits per heavy atom. The van der Waals surface area contributed by atoms with Crippen molar-refractivity contribution in [3.05, 3.63) is 18.2 Å². The number of carbonyl (C=O) groups is 1. The zero-order valence-corrected chi connectivity index (χ0v) is 10.2. The molecule has 0 radical (unpaired) electrons. The summed E-state index contributed by atoms with van der Waals surface area (Å²) in [5, 5.41) is 0. The van der Waals surface area contributed by atoms with Crippen molar-refractivity contribution in [1.29, 1.82) is 0 Å². The fourth-order valence-electron chi connectivity index (χ4n) is 1.22. The second-order valence-corrected chi connectivity index (χ2v) is 3.66. The fourth-order valence-corrected chi connectivity index (χ4v) is 1.35. The number of pyridine rings is 1. The first kappa shape index (κ1) is 12.8. The van der Waals surface area contributed by atoms with Crippen LogP contribution in [0.3, 0.4) is 0 Å². The number of hydrogen-bond acceptors (Lipinski definition) is 3. The molecule has 1 rings (SSSR count). The molecule has 0 bridgehead atoms. The van der Waals surface area contributed by atoms with Gasteiger partial charge in [0, 0.05) is 25.4 Å². The number of nitrogens with zero attached hydrogens (tertiary/aromatic N) is 2. The lowest BCUT2D eigenvalue weighted by Crippen LogP contribution is -2.26. The fraction of sp³-hybridized carbons (Fsp3) is 0.455. The van der Waals surface area contributed by atoms with Crippen molar-refractivity contribution in [2.75, 3.05) is 24.9 Å². The molecule has 0 atom stereocenters. The van der Waals surface area contributed by atoms with Crippen LogP contribution in [0.2, 0.25) is 0 Å². The molecular formula is C11H15ClN2O2. The lowest BCUT2D eigenvalue weighted by molar-refractivity contribution is -0.118. The average molecular weight is 243 g/mol. The van der Waals surface area contributed by atoms with E-state index < -0.39 is 0 Å². The highest BCUT2D eigenvalue weighted by atomic mass is 35.5. The van der Waals surface area contributed by atoms with Gasteiger partial charge in [-0.1, -0.05) is 6.07 Å². The standard InChI is InChI=1S/C11H15ClN2O2/c1-14(11(15)7-4-8-12)9-5-3-6-10(13-9)16-2/h3,5-6H,4,7-8H2,1-2H3. The van der Waals surface area contributed by atoms with Gasteiger partial charge in [-0.2, -0.15) is 4.98 Å². The van der Waals surface area contributed by atoms with E-state index in [2.05, 4.69) is 4.98 Å². The summed E-state index contributed by atoms with van der Waals surface area (Å²) in [5.74, 6) is 1.57. The van der Waals surface area contributed by atoms with Gasteiger partial charge in [0.25, 0.3) is 0 Å². The van der Waals surface area contributed by atoms with Crippen molar-refractivity contribution in [3.63, 3.8) is 0 Å². The van der Waals surface area contributed by atoms with Crippen LogP contribution in [-0.4, -0.2) is 30.9 Å². The molecule has 0 aliphatic carbocycles. The number of rotatable bonds is 5. The van der Waals surface area contributed by atoms with E-state index in [4.69, 9.17) is 16.3 Å². The minimum absolute atomic E-state index is 0.00130. The molecule has 0 spiro atoms. The number of alkyl halides is 1. The lowest BCUT2D eigenvalue weighted by Gasteiger charge is -2.16. The maximum absolute atomic E-state index is 11.7. The molecule has 0 saturated heterocycles. The highest BCUT2D eigenvalue weighted by Crippen LogP contribution is 2.15. The Morgan fingerprint density at radius 1 is 1.56 bits per heavy atom. The Hall–Kier alpha value is -1.29. The SMILES string of the molecule is COc1cccc(N(C)C(=O)CCCCl)n1. The van der Waals surface area contributed by atoms with Crippen LogP contribution in [0.1, 0.15) is 12.8 Å². The molecule has 1 aromatic rings. The summed E-state index contributed by atoms with van der Waals surface area (Å²) in [6.07, 6.45) is 1.10. The Morgan fingerprint density at radius 3 is 2.94 bits per heavy atom. The molecule has 1 heterocycles. The predicted octanol–water partition coefficient (Wildman–Crippen LogP) is 2.07. The highest BCUT2D eigenvalue weighted by Gasteiger charge is 2.11. The van der Waals surface area contributed by atoms with Gasteiger partial charge in [-0.05, 0) is 12.5 Å². The first-order valence-corrected chi connectivity index (χ1v) is 5.56. The number of amides is 1. The highest BCUT2D eigenvalue weighted by molar-refractivity contribution is 6.18. The smallest absolute Gasteiger partial charge is 0.227 e. The number of halogens is 1. The third-order valence-electron chi connectivity index (χ3n) is 2.16. The molecule has 4 nitrogen and oxygen atoms in total. The summed E-state index contributed by atoms with van der Waals surface area (Å²) in [7, 11) is 3.24. The van der Waals surface area contributed by atoms with Gasteiger partial charge in [-0.25, -0.2) is 0 Å². The van der Waals surface area contributed by atoms with Gasteiger partial charge in [0.15, 0.2) is 0 Å². The van der Waals surface area contributed by atoms with Gasteiger partial charge < -0.3 is 4.74 Å². The lowest BCUT2D eigenvalue weighted by atomic mass is 10.3. The topological polar surface area (TPSA) is 42.4 Å². The maximum atomic E-state index is 11.7. The van der Waals surface area contributed by atoms with Crippen molar-refractivity contribution >= 4 is 23.3 Å². The summed E-state index contributed by atoms with van der Waals surface area (Å²) in [6.45, 7) is 0. The molecule has 0 aromatic carbocycles. The molecule has 1 aromatic heterocycles. The van der Waals surface area contributed by atoms with Gasteiger partial charge in [-0.15, -0.1) is 11.6 Å². The predicted molar refractivity (Wildman–Crippen MR) is 64.2 cm³/mol. The van der Waals surface area contributed by atoms with Crippen LogP contribution in [0, 0.1) is 0 Å². The van der Waals surface area contributed by atoms with Crippen molar-refractivity contribution in [2.45, 2.75) is 12.8 Å². The van der Waals surface area contributed by atoms with Gasteiger partial charge in [0.1, 0.15) is 5.82 Å². The van der Waals surface area contributed by atoms with Crippen LogP contribution in [0.4, 0.5) is 5.82 Å². The molecule has 0 fully saturated rings. The van der Waals surface area contributed by atoms with E-state index in [1.807, 2.05) is 0 Å². The van der Waals surface area contributed by atoms with E-state index in [1.165, 1.54) is 4.90 Å². The number of hydrogen-bond donors (Lipinski definition) is 0. The summed E-state index contributed by atoms with van der Waals surface area (Å²) >= 11 is 5.54.